The average molecular weight is 744 g/mol. The Labute approximate surface area is 308 Å². The number of nitrogens with zero attached hydrogens (tertiary/aromatic N) is 5. The summed E-state index contributed by atoms with van der Waals surface area (Å²) in [7, 11) is 0. The van der Waals surface area contributed by atoms with Crippen molar-refractivity contribution in [1.82, 2.24) is 9.88 Å². The van der Waals surface area contributed by atoms with Gasteiger partial charge in [0, 0.05) is 47.3 Å². The lowest BCUT2D eigenvalue weighted by Gasteiger charge is -2.22. The summed E-state index contributed by atoms with van der Waals surface area (Å²) < 4.78 is 19.4. The van der Waals surface area contributed by atoms with Gasteiger partial charge in [-0.2, -0.15) is 10.4 Å². The maximum atomic E-state index is 13.9. The highest BCUT2D eigenvalue weighted by atomic mass is 35.5. The van der Waals surface area contributed by atoms with Crippen LogP contribution in [0.5, 0.6) is 0 Å². The van der Waals surface area contributed by atoms with Gasteiger partial charge in [-0.25, -0.2) is 9.18 Å². The molecule has 1 unspecified atom stereocenters. The number of hydrazone groups is 1. The molecule has 14 heteroatoms. The Morgan fingerprint density at radius 1 is 1.08 bits per heavy atom. The molecular formula is C37H30Cl3FN8O2. The Bertz CT molecular complexity index is 2160. The molecule has 51 heavy (non-hydrogen) atoms. The largest absolute Gasteiger partial charge is 0.445 e. The topological polar surface area (TPSA) is 141 Å². The zero-order chi connectivity index (χ0) is 35.9. The molecule has 4 N–H and O–H groups in total. The molecule has 1 saturated heterocycles. The van der Waals surface area contributed by atoms with E-state index in [0.29, 0.717) is 63.2 Å². The molecule has 2 atom stereocenters. The number of nitrogens with two attached hydrogens (primary N) is 1. The molecule has 10 nitrogen and oxygen atoms in total. The van der Waals surface area contributed by atoms with Crippen LogP contribution >= 0.6 is 34.8 Å². The number of likely N-dealkylation sites (tertiary alicyclic amines) is 1. The number of pyridine rings is 1. The van der Waals surface area contributed by atoms with Crippen molar-refractivity contribution in [2.45, 2.75) is 25.1 Å². The summed E-state index contributed by atoms with van der Waals surface area (Å²) in [5.41, 5.74) is 4.15. The van der Waals surface area contributed by atoms with Crippen molar-refractivity contribution in [1.29, 1.82) is 5.26 Å². The van der Waals surface area contributed by atoms with Crippen LogP contribution in [0.15, 0.2) is 101 Å². The number of carbonyl (C=O) groups is 1. The molecule has 258 valence electrons. The summed E-state index contributed by atoms with van der Waals surface area (Å²) >= 11 is 19.0. The van der Waals surface area contributed by atoms with Crippen LogP contribution in [0, 0.1) is 17.1 Å². The van der Waals surface area contributed by atoms with Crippen molar-refractivity contribution in [3.05, 3.63) is 129 Å². The van der Waals surface area contributed by atoms with Crippen LogP contribution in [-0.4, -0.2) is 47.0 Å². The van der Waals surface area contributed by atoms with E-state index in [-0.39, 0.29) is 23.2 Å². The Morgan fingerprint density at radius 3 is 2.57 bits per heavy atom. The van der Waals surface area contributed by atoms with Gasteiger partial charge in [0.15, 0.2) is 0 Å². The van der Waals surface area contributed by atoms with Crippen molar-refractivity contribution >= 4 is 80.8 Å². The third kappa shape index (κ3) is 8.49. The first kappa shape index (κ1) is 35.4. The summed E-state index contributed by atoms with van der Waals surface area (Å²) in [5, 5.41) is 21.9. The predicted octanol–water partition coefficient (Wildman–Crippen LogP) is 8.90. The monoisotopic (exact) mass is 742 g/mol. The number of aromatic nitrogens is 1. The van der Waals surface area contributed by atoms with E-state index in [0.717, 1.165) is 11.1 Å². The molecular weight excluding hydrogens is 714 g/mol. The molecule has 0 radical (unpaired) electrons. The summed E-state index contributed by atoms with van der Waals surface area (Å²) in [6.07, 6.45) is 3.24. The lowest BCUT2D eigenvalue weighted by atomic mass is 10.0. The van der Waals surface area contributed by atoms with E-state index in [1.807, 2.05) is 42.5 Å². The van der Waals surface area contributed by atoms with E-state index in [2.05, 4.69) is 26.8 Å². The van der Waals surface area contributed by atoms with Gasteiger partial charge in [-0.3, -0.25) is 9.98 Å². The van der Waals surface area contributed by atoms with Gasteiger partial charge >= 0.3 is 6.09 Å². The SMILES string of the molecule is N#Cc1cnc2c(Cl)cc(NC(C(C=N[C@H]3CCN(C(=O)OCc4ccccc4)C3)=NN)c3ccc(Cl)cc3)cc2c1Nc1ccc(F)c(Cl)c1. The first-order valence-corrected chi connectivity index (χ1v) is 16.9. The minimum atomic E-state index is -0.627. The normalized spacial score (nSPS) is 15.2. The van der Waals surface area contributed by atoms with Crippen molar-refractivity contribution in [3.8, 4) is 6.07 Å². The second kappa shape index (κ2) is 16.1. The maximum Gasteiger partial charge on any atom is 0.410 e. The number of fused-ring (bicyclic) bond motifs is 1. The fourth-order valence-electron chi connectivity index (χ4n) is 5.63. The minimum Gasteiger partial charge on any atom is -0.445 e. The minimum absolute atomic E-state index is 0.0772. The number of rotatable bonds is 10. The molecule has 0 aliphatic carbocycles. The quantitative estimate of drug-likeness (QED) is 0.0737. The number of halogens is 4. The molecule has 0 saturated carbocycles. The van der Waals surface area contributed by atoms with Gasteiger partial charge in [0.25, 0.3) is 0 Å². The van der Waals surface area contributed by atoms with Crippen LogP contribution in [-0.2, 0) is 11.3 Å². The molecule has 1 aliphatic heterocycles. The molecule has 1 amide bonds. The number of hydrogen-bond acceptors (Lipinski definition) is 9. The summed E-state index contributed by atoms with van der Waals surface area (Å²) in [5.74, 6) is 5.40. The highest BCUT2D eigenvalue weighted by Gasteiger charge is 2.27. The van der Waals surface area contributed by atoms with Crippen LogP contribution in [0.3, 0.4) is 0 Å². The number of benzene rings is 4. The van der Waals surface area contributed by atoms with Crippen molar-refractivity contribution in [2.24, 2.45) is 15.9 Å². The predicted molar refractivity (Wildman–Crippen MR) is 201 cm³/mol. The van der Waals surface area contributed by atoms with E-state index >= 15 is 0 Å². The van der Waals surface area contributed by atoms with Crippen LogP contribution in [0.4, 0.5) is 26.2 Å². The fraction of sp³-hybridized carbons (Fsp3) is 0.162. The molecule has 1 aromatic heterocycles. The lowest BCUT2D eigenvalue weighted by Crippen LogP contribution is -2.30. The van der Waals surface area contributed by atoms with E-state index in [1.54, 1.807) is 35.4 Å². The van der Waals surface area contributed by atoms with Crippen LogP contribution in [0.2, 0.25) is 15.1 Å². The smallest absolute Gasteiger partial charge is 0.410 e. The molecule has 2 heterocycles. The van der Waals surface area contributed by atoms with Gasteiger partial charge < -0.3 is 26.1 Å². The molecule has 0 bridgehead atoms. The molecule has 1 fully saturated rings. The van der Waals surface area contributed by atoms with Crippen LogP contribution < -0.4 is 16.5 Å². The number of nitrogens with one attached hydrogen (secondary N) is 2. The molecule has 5 aromatic rings. The lowest BCUT2D eigenvalue weighted by molar-refractivity contribution is 0.104. The third-order valence-electron chi connectivity index (χ3n) is 8.24. The highest BCUT2D eigenvalue weighted by Crippen LogP contribution is 2.36. The molecule has 6 rings (SSSR count). The number of nitriles is 1. The van der Waals surface area contributed by atoms with E-state index in [4.69, 9.17) is 50.4 Å². The Morgan fingerprint density at radius 2 is 1.84 bits per heavy atom. The van der Waals surface area contributed by atoms with Gasteiger partial charge in [0.05, 0.1) is 38.9 Å². The molecule has 1 aliphatic rings. The average Bonchev–Trinajstić information content (AvgIpc) is 3.62. The Balaban J connectivity index is 1.26. The fourth-order valence-corrected chi connectivity index (χ4v) is 6.21. The highest BCUT2D eigenvalue weighted by molar-refractivity contribution is 6.36. The maximum absolute atomic E-state index is 13.9. The van der Waals surface area contributed by atoms with Crippen molar-refractivity contribution in [2.75, 3.05) is 23.7 Å². The number of aliphatic imine (C=N–C) groups is 1. The standard InChI is InChI=1S/C37H30Cl3FN8O2/c38-25-8-6-23(7-9-25)35(33(48-43)19-44-27-12-13-49(20-27)37(50)51-21-22-4-2-1-3-5-22)47-28-14-29-34(46-26-10-11-32(41)30(39)15-26)24(17-42)18-45-36(29)31(40)16-28/h1-11,14-16,18-19,27,35,47H,12-13,20-21,43H2,(H,45,46)/t27-,35?/m0/s1. The van der Waals surface area contributed by atoms with Crippen LogP contribution in [0.1, 0.15) is 29.2 Å². The number of amides is 1. The van der Waals surface area contributed by atoms with E-state index in [9.17, 15) is 14.4 Å². The van der Waals surface area contributed by atoms with Gasteiger partial charge in [-0.15, -0.1) is 0 Å². The van der Waals surface area contributed by atoms with Crippen molar-refractivity contribution in [3.63, 3.8) is 0 Å². The zero-order valence-corrected chi connectivity index (χ0v) is 29.1. The van der Waals surface area contributed by atoms with E-state index < -0.39 is 18.0 Å². The van der Waals surface area contributed by atoms with Gasteiger partial charge in [-0.05, 0) is 60.0 Å². The van der Waals surface area contributed by atoms with Gasteiger partial charge in [-0.1, -0.05) is 77.3 Å². The van der Waals surface area contributed by atoms with E-state index in [1.165, 1.54) is 24.4 Å². The van der Waals surface area contributed by atoms with Crippen molar-refractivity contribution < 1.29 is 13.9 Å². The number of ether oxygens (including phenoxy) is 1. The van der Waals surface area contributed by atoms with Gasteiger partial charge in [0.2, 0.25) is 0 Å². The number of carbonyl (C=O) groups excluding carboxylic acids is 1. The second-order valence-corrected chi connectivity index (χ2v) is 12.9. The Hall–Kier alpha value is -5.41. The second-order valence-electron chi connectivity index (χ2n) is 11.7. The molecule has 0 spiro atoms. The number of anilines is 3. The summed E-state index contributed by atoms with van der Waals surface area (Å²) in [4.78, 5) is 23.5. The molecule has 4 aromatic carbocycles. The Kier molecular flexibility index (Phi) is 11.2. The zero-order valence-electron chi connectivity index (χ0n) is 26.9. The number of hydrogen-bond donors (Lipinski definition) is 3. The summed E-state index contributed by atoms with van der Waals surface area (Å²) in [6, 6.07) is 25.6. The van der Waals surface area contributed by atoms with Gasteiger partial charge in [0.1, 0.15) is 24.2 Å². The first-order chi connectivity index (χ1) is 24.7. The van der Waals surface area contributed by atoms with Crippen LogP contribution in [0.25, 0.3) is 10.9 Å². The summed E-state index contributed by atoms with van der Waals surface area (Å²) in [6.45, 7) is 1.07. The first-order valence-electron chi connectivity index (χ1n) is 15.8. The third-order valence-corrected chi connectivity index (χ3v) is 9.07.